The van der Waals surface area contributed by atoms with Crippen molar-refractivity contribution in [2.75, 3.05) is 6.61 Å². The van der Waals surface area contributed by atoms with Gasteiger partial charge in [0.15, 0.2) is 0 Å². The van der Waals surface area contributed by atoms with Gasteiger partial charge in [-0.05, 0) is 30.4 Å². The number of amidine groups is 1. The molecule has 2 rings (SSSR count). The first kappa shape index (κ1) is 13.1. The molecule has 18 heavy (non-hydrogen) atoms. The van der Waals surface area contributed by atoms with E-state index >= 15 is 0 Å². The molecule has 0 spiro atoms. The Labute approximate surface area is 111 Å². The van der Waals surface area contributed by atoms with Gasteiger partial charge >= 0.3 is 0 Å². The van der Waals surface area contributed by atoms with E-state index in [4.69, 9.17) is 22.1 Å². The van der Waals surface area contributed by atoms with E-state index in [9.17, 15) is 4.39 Å². The number of benzene rings is 1. The lowest BCUT2D eigenvalue weighted by Crippen LogP contribution is -2.13. The Balaban J connectivity index is 2.15. The minimum atomic E-state index is -0.332. The van der Waals surface area contributed by atoms with E-state index in [2.05, 4.69) is 4.99 Å². The molecule has 1 aromatic carbocycles. The first-order chi connectivity index (χ1) is 8.61. The van der Waals surface area contributed by atoms with Crippen LogP contribution in [0.15, 0.2) is 23.2 Å². The second kappa shape index (κ2) is 5.57. The highest BCUT2D eigenvalue weighted by Gasteiger charge is 2.24. The second-order valence-corrected chi connectivity index (χ2v) is 4.82. The summed E-state index contributed by atoms with van der Waals surface area (Å²) in [5.74, 6) is -0.256. The summed E-state index contributed by atoms with van der Waals surface area (Å²) < 4.78 is 19.1. The molecule has 3 nitrogen and oxygen atoms in total. The van der Waals surface area contributed by atoms with Gasteiger partial charge in [0.1, 0.15) is 12.4 Å². The fourth-order valence-corrected chi connectivity index (χ4v) is 2.42. The zero-order valence-electron chi connectivity index (χ0n) is 10.2. The molecule has 1 aliphatic rings. The molecule has 1 heterocycles. The molecule has 0 bridgehead atoms. The van der Waals surface area contributed by atoms with Crippen molar-refractivity contribution >= 4 is 17.6 Å². The summed E-state index contributed by atoms with van der Waals surface area (Å²) in [6, 6.07) is 5.33. The number of ether oxygens (including phenoxy) is 1. The Kier molecular flexibility index (Phi) is 4.07. The summed E-state index contributed by atoms with van der Waals surface area (Å²) in [5.41, 5.74) is 6.11. The number of nitrogens with two attached hydrogens (primary N) is 1. The second-order valence-electron chi connectivity index (χ2n) is 4.42. The minimum absolute atomic E-state index is 0.00771. The normalized spacial score (nSPS) is 20.4. The zero-order valence-corrected chi connectivity index (χ0v) is 11.0. The van der Waals surface area contributed by atoms with Crippen molar-refractivity contribution in [1.29, 1.82) is 0 Å². The number of hydrogen-bond donors (Lipinski definition) is 1. The van der Waals surface area contributed by atoms with Crippen LogP contribution >= 0.6 is 11.6 Å². The van der Waals surface area contributed by atoms with Gasteiger partial charge in [-0.1, -0.05) is 30.7 Å². The Morgan fingerprint density at radius 1 is 1.61 bits per heavy atom. The average molecular weight is 271 g/mol. The van der Waals surface area contributed by atoms with Crippen molar-refractivity contribution in [3.8, 4) is 0 Å². The number of halogens is 2. The summed E-state index contributed by atoms with van der Waals surface area (Å²) in [7, 11) is 0. The maximum absolute atomic E-state index is 14.0. The highest BCUT2D eigenvalue weighted by molar-refractivity contribution is 6.30. The summed E-state index contributed by atoms with van der Waals surface area (Å²) >= 11 is 5.81. The van der Waals surface area contributed by atoms with Crippen LogP contribution in [0.2, 0.25) is 5.02 Å². The zero-order chi connectivity index (χ0) is 13.1. The molecule has 2 atom stereocenters. The number of nitrogens with zero attached hydrogens (tertiary/aromatic N) is 1. The molecule has 2 unspecified atom stereocenters. The van der Waals surface area contributed by atoms with Gasteiger partial charge in [0.25, 0.3) is 6.02 Å². The Morgan fingerprint density at radius 2 is 2.39 bits per heavy atom. The van der Waals surface area contributed by atoms with Crippen LogP contribution in [0.5, 0.6) is 0 Å². The van der Waals surface area contributed by atoms with E-state index in [0.29, 0.717) is 18.6 Å². The smallest absolute Gasteiger partial charge is 0.282 e. The van der Waals surface area contributed by atoms with Crippen LogP contribution in [0.4, 0.5) is 4.39 Å². The van der Waals surface area contributed by atoms with Crippen molar-refractivity contribution in [3.05, 3.63) is 34.6 Å². The van der Waals surface area contributed by atoms with E-state index in [-0.39, 0.29) is 28.8 Å². The highest BCUT2D eigenvalue weighted by Crippen LogP contribution is 2.31. The summed E-state index contributed by atoms with van der Waals surface area (Å²) in [4.78, 5) is 4.17. The third kappa shape index (κ3) is 2.75. The Morgan fingerprint density at radius 3 is 3.00 bits per heavy atom. The quantitative estimate of drug-likeness (QED) is 0.914. The van der Waals surface area contributed by atoms with Crippen molar-refractivity contribution in [1.82, 2.24) is 0 Å². The van der Waals surface area contributed by atoms with Gasteiger partial charge in [0.2, 0.25) is 0 Å². The maximum atomic E-state index is 14.0. The molecular formula is C13H16ClFN2O. The minimum Gasteiger partial charge on any atom is -0.463 e. The lowest BCUT2D eigenvalue weighted by molar-refractivity contribution is 0.300. The topological polar surface area (TPSA) is 47.6 Å². The lowest BCUT2D eigenvalue weighted by atomic mass is 9.90. The summed E-state index contributed by atoms with van der Waals surface area (Å²) in [5, 5.41) is 0.164. The predicted molar refractivity (Wildman–Crippen MR) is 70.4 cm³/mol. The molecule has 0 fully saturated rings. The summed E-state index contributed by atoms with van der Waals surface area (Å²) in [6.45, 7) is 2.50. The molecule has 0 amide bonds. The van der Waals surface area contributed by atoms with Gasteiger partial charge < -0.3 is 10.5 Å². The molecule has 0 aromatic heterocycles. The van der Waals surface area contributed by atoms with Gasteiger partial charge in [-0.2, -0.15) is 0 Å². The third-order valence-corrected chi connectivity index (χ3v) is 3.50. The fourth-order valence-electron chi connectivity index (χ4n) is 2.23. The molecule has 1 aromatic rings. The average Bonchev–Trinajstić information content (AvgIpc) is 2.76. The van der Waals surface area contributed by atoms with Crippen LogP contribution in [-0.2, 0) is 4.74 Å². The van der Waals surface area contributed by atoms with Crippen LogP contribution in [0.3, 0.4) is 0 Å². The molecule has 5 heteroatoms. The van der Waals surface area contributed by atoms with Crippen molar-refractivity contribution in [3.63, 3.8) is 0 Å². The van der Waals surface area contributed by atoms with Crippen LogP contribution in [0.1, 0.15) is 31.2 Å². The van der Waals surface area contributed by atoms with Crippen LogP contribution < -0.4 is 5.73 Å². The standard InChI is InChI=1S/C13H16ClFN2O/c1-2-8(6-9-7-18-13(16)17-9)10-4-3-5-11(14)12(10)15/h3-5,8-9H,2,6-7H2,1H3,(H2,16,17). The van der Waals surface area contributed by atoms with Crippen molar-refractivity contribution < 1.29 is 9.13 Å². The third-order valence-electron chi connectivity index (χ3n) is 3.20. The molecule has 0 saturated heterocycles. The number of rotatable bonds is 4. The van der Waals surface area contributed by atoms with E-state index in [1.165, 1.54) is 0 Å². The van der Waals surface area contributed by atoms with E-state index in [1.54, 1.807) is 18.2 Å². The van der Waals surface area contributed by atoms with Crippen LogP contribution in [-0.4, -0.2) is 18.7 Å². The lowest BCUT2D eigenvalue weighted by Gasteiger charge is -2.18. The predicted octanol–water partition coefficient (Wildman–Crippen LogP) is 3.08. The largest absolute Gasteiger partial charge is 0.463 e. The first-order valence-corrected chi connectivity index (χ1v) is 6.39. The summed E-state index contributed by atoms with van der Waals surface area (Å²) in [6.07, 6.45) is 1.54. The van der Waals surface area contributed by atoms with E-state index < -0.39 is 0 Å². The van der Waals surface area contributed by atoms with Gasteiger partial charge in [-0.15, -0.1) is 0 Å². The SMILES string of the molecule is CCC(CC1COC(N)=N1)c1cccc(Cl)c1F. The molecule has 2 N–H and O–H groups in total. The van der Waals surface area contributed by atoms with Gasteiger partial charge in [0, 0.05) is 0 Å². The van der Waals surface area contributed by atoms with Crippen molar-refractivity contribution in [2.24, 2.45) is 10.7 Å². The van der Waals surface area contributed by atoms with Crippen LogP contribution in [0.25, 0.3) is 0 Å². The van der Waals surface area contributed by atoms with Crippen molar-refractivity contribution in [2.45, 2.75) is 31.7 Å². The molecule has 0 saturated carbocycles. The fraction of sp³-hybridized carbons (Fsp3) is 0.462. The number of aliphatic imine (C=N–C) groups is 1. The van der Waals surface area contributed by atoms with E-state index in [0.717, 1.165) is 6.42 Å². The molecule has 0 radical (unpaired) electrons. The molecule has 1 aliphatic heterocycles. The van der Waals surface area contributed by atoms with Crippen LogP contribution in [0, 0.1) is 5.82 Å². The Hall–Kier alpha value is -1.29. The van der Waals surface area contributed by atoms with Gasteiger partial charge in [-0.25, -0.2) is 9.38 Å². The number of hydrogen-bond acceptors (Lipinski definition) is 3. The molecule has 98 valence electrons. The first-order valence-electron chi connectivity index (χ1n) is 6.01. The highest BCUT2D eigenvalue weighted by atomic mass is 35.5. The monoisotopic (exact) mass is 270 g/mol. The van der Waals surface area contributed by atoms with E-state index in [1.807, 2.05) is 6.92 Å². The van der Waals surface area contributed by atoms with Gasteiger partial charge in [0.05, 0.1) is 11.1 Å². The molecule has 0 aliphatic carbocycles. The maximum Gasteiger partial charge on any atom is 0.282 e. The Bertz CT molecular complexity index is 464. The van der Waals surface area contributed by atoms with Gasteiger partial charge in [-0.3, -0.25) is 0 Å². The molecular weight excluding hydrogens is 255 g/mol.